The van der Waals surface area contributed by atoms with Crippen molar-refractivity contribution < 1.29 is 9.47 Å². The summed E-state index contributed by atoms with van der Waals surface area (Å²) < 4.78 is 13.9. The average Bonchev–Trinajstić information content (AvgIpc) is 3.21. The maximum absolute atomic E-state index is 6.94. The topological polar surface area (TPSA) is 18.5 Å². The van der Waals surface area contributed by atoms with Gasteiger partial charge in [0.2, 0.25) is 0 Å². The van der Waals surface area contributed by atoms with E-state index in [1.807, 2.05) is 0 Å². The lowest BCUT2D eigenvalue weighted by Gasteiger charge is -2.61. The van der Waals surface area contributed by atoms with E-state index in [0.29, 0.717) is 45.1 Å². The van der Waals surface area contributed by atoms with Crippen LogP contribution in [0, 0.1) is 58.2 Å². The molecule has 4 aliphatic carbocycles. The lowest BCUT2D eigenvalue weighted by molar-refractivity contribution is -0.273. The molecule has 4 heteroatoms. The van der Waals surface area contributed by atoms with E-state index < -0.39 is 0 Å². The zero-order valence-corrected chi connectivity index (χ0v) is 22.6. The second kappa shape index (κ2) is 8.12. The Morgan fingerprint density at radius 1 is 0.879 bits per heavy atom. The third-order valence-corrected chi connectivity index (χ3v) is 12.6. The predicted molar refractivity (Wildman–Crippen MR) is 135 cm³/mol. The Labute approximate surface area is 211 Å². The van der Waals surface area contributed by atoms with Crippen molar-refractivity contribution in [3.05, 3.63) is 10.6 Å². The summed E-state index contributed by atoms with van der Waals surface area (Å²) in [6, 6.07) is 0. The first kappa shape index (κ1) is 23.6. The summed E-state index contributed by atoms with van der Waals surface area (Å²) in [5, 5.41) is 0. The number of hydrogen-bond acceptors (Lipinski definition) is 2. The minimum atomic E-state index is -0.286. The molecule has 0 aromatic heterocycles. The van der Waals surface area contributed by atoms with Gasteiger partial charge in [0.1, 0.15) is 4.49 Å². The van der Waals surface area contributed by atoms with Crippen molar-refractivity contribution in [2.75, 3.05) is 6.61 Å². The molecule has 0 N–H and O–H groups in total. The fourth-order valence-corrected chi connectivity index (χ4v) is 11.0. The molecule has 2 nitrogen and oxygen atoms in total. The molecule has 2 aliphatic heterocycles. The van der Waals surface area contributed by atoms with Crippen molar-refractivity contribution in [2.24, 2.45) is 58.2 Å². The van der Waals surface area contributed by atoms with Crippen LogP contribution in [0.1, 0.15) is 91.9 Å². The van der Waals surface area contributed by atoms with Gasteiger partial charge in [0, 0.05) is 12.3 Å². The zero-order chi connectivity index (χ0) is 23.2. The van der Waals surface area contributed by atoms with Crippen LogP contribution in [0.25, 0.3) is 0 Å². The quantitative estimate of drug-likeness (QED) is 0.364. The normalized spacial score (nSPS) is 57.7. The van der Waals surface area contributed by atoms with Crippen LogP contribution < -0.4 is 0 Å². The highest BCUT2D eigenvalue weighted by Crippen LogP contribution is 2.71. The van der Waals surface area contributed by atoms with Crippen molar-refractivity contribution >= 4 is 23.2 Å². The van der Waals surface area contributed by atoms with Crippen LogP contribution in [-0.2, 0) is 9.47 Å². The summed E-state index contributed by atoms with van der Waals surface area (Å²) in [5.74, 6) is 5.61. The van der Waals surface area contributed by atoms with Crippen LogP contribution in [0.5, 0.6) is 0 Å². The van der Waals surface area contributed by atoms with E-state index in [9.17, 15) is 0 Å². The maximum Gasteiger partial charge on any atom is 0.171 e. The SMILES string of the molecule is C[C@@H]1CCC2(OC1)O[C@H]1C[C@H]3[C@@H]4CC[C@H]5C[C@H](C=C(Cl)Cl)CC[C@]5(C)[C@H]4CC[C@]3(C)[C@H]1[C@@H]2C. The summed E-state index contributed by atoms with van der Waals surface area (Å²) in [6.45, 7) is 11.0. The second-order valence-electron chi connectivity index (χ2n) is 13.7. The van der Waals surface area contributed by atoms with Crippen molar-refractivity contribution in [3.63, 3.8) is 0 Å². The van der Waals surface area contributed by atoms with Gasteiger partial charge < -0.3 is 9.47 Å². The first-order valence-corrected chi connectivity index (χ1v) is 14.8. The van der Waals surface area contributed by atoms with Gasteiger partial charge in [0.25, 0.3) is 0 Å². The van der Waals surface area contributed by atoms with Gasteiger partial charge in [0.15, 0.2) is 5.79 Å². The van der Waals surface area contributed by atoms with Crippen LogP contribution in [0.4, 0.5) is 0 Å². The third-order valence-electron chi connectivity index (χ3n) is 12.3. The number of rotatable bonds is 1. The molecule has 4 saturated carbocycles. The minimum absolute atomic E-state index is 0.286. The lowest BCUT2D eigenvalue weighted by Crippen LogP contribution is -2.54. The van der Waals surface area contributed by atoms with Gasteiger partial charge in [-0.1, -0.05) is 57.0 Å². The number of halogens is 2. The Morgan fingerprint density at radius 2 is 1.67 bits per heavy atom. The van der Waals surface area contributed by atoms with E-state index in [1.165, 1.54) is 57.8 Å². The third kappa shape index (κ3) is 3.47. The molecule has 0 bridgehead atoms. The molecule has 2 heterocycles. The van der Waals surface area contributed by atoms with E-state index in [2.05, 4.69) is 33.8 Å². The van der Waals surface area contributed by atoms with Gasteiger partial charge in [-0.2, -0.15) is 0 Å². The lowest BCUT2D eigenvalue weighted by atomic mass is 9.44. The van der Waals surface area contributed by atoms with Crippen LogP contribution in [0.3, 0.4) is 0 Å². The first-order chi connectivity index (χ1) is 15.7. The molecule has 6 rings (SSSR count). The molecule has 33 heavy (non-hydrogen) atoms. The van der Waals surface area contributed by atoms with E-state index in [1.54, 1.807) is 0 Å². The number of allylic oxidation sites excluding steroid dienone is 1. The summed E-state index contributed by atoms with van der Waals surface area (Å²) >= 11 is 12.1. The Balaban J connectivity index is 1.22. The standard InChI is InChI=1S/C29H44Cl2O2/c1-17-7-12-29(32-16-17)18(2)26-24(33-29)15-23-21-6-5-20-13-19(14-25(30)31)8-10-27(20,3)22(21)9-11-28(23,26)4/h14,17-24,26H,5-13,15-16H2,1-4H3/t17-,18+,19-,20+,21-,22+,23+,24+,26+,27+,28+,29?/m1/s1. The highest BCUT2D eigenvalue weighted by atomic mass is 35.5. The van der Waals surface area contributed by atoms with Crippen LogP contribution in [0.15, 0.2) is 10.6 Å². The maximum atomic E-state index is 6.94. The zero-order valence-electron chi connectivity index (χ0n) is 21.1. The van der Waals surface area contributed by atoms with Crippen LogP contribution in [-0.4, -0.2) is 18.5 Å². The summed E-state index contributed by atoms with van der Waals surface area (Å²) in [6.07, 6.45) is 15.7. The second-order valence-corrected chi connectivity index (χ2v) is 14.7. The molecule has 6 aliphatic rings. The van der Waals surface area contributed by atoms with E-state index >= 15 is 0 Å². The Kier molecular flexibility index (Phi) is 5.82. The van der Waals surface area contributed by atoms with Crippen LogP contribution >= 0.6 is 23.2 Å². The summed E-state index contributed by atoms with van der Waals surface area (Å²) in [4.78, 5) is 0. The highest BCUT2D eigenvalue weighted by Gasteiger charge is 2.69. The molecular weight excluding hydrogens is 451 g/mol. The van der Waals surface area contributed by atoms with Gasteiger partial charge >= 0.3 is 0 Å². The van der Waals surface area contributed by atoms with Gasteiger partial charge in [0.05, 0.1) is 12.7 Å². The van der Waals surface area contributed by atoms with Gasteiger partial charge in [-0.15, -0.1) is 0 Å². The smallest absolute Gasteiger partial charge is 0.171 e. The molecule has 12 atom stereocenters. The van der Waals surface area contributed by atoms with E-state index in [4.69, 9.17) is 32.7 Å². The number of hydrogen-bond donors (Lipinski definition) is 0. The average molecular weight is 496 g/mol. The molecule has 1 unspecified atom stereocenters. The summed E-state index contributed by atoms with van der Waals surface area (Å²) in [7, 11) is 0. The van der Waals surface area contributed by atoms with Crippen LogP contribution in [0.2, 0.25) is 0 Å². The van der Waals surface area contributed by atoms with Crippen molar-refractivity contribution in [1.29, 1.82) is 0 Å². The molecule has 0 radical (unpaired) electrons. The van der Waals surface area contributed by atoms with Crippen molar-refractivity contribution in [1.82, 2.24) is 0 Å². The first-order valence-electron chi connectivity index (χ1n) is 14.0. The number of ether oxygens (including phenoxy) is 2. The molecule has 0 amide bonds. The Morgan fingerprint density at radius 3 is 2.39 bits per heavy atom. The van der Waals surface area contributed by atoms with Crippen molar-refractivity contribution in [3.8, 4) is 0 Å². The fraction of sp³-hybridized carbons (Fsp3) is 0.931. The molecule has 0 aromatic rings. The van der Waals surface area contributed by atoms with E-state index in [0.717, 1.165) is 36.7 Å². The largest absolute Gasteiger partial charge is 0.349 e. The highest BCUT2D eigenvalue weighted by molar-refractivity contribution is 6.55. The minimum Gasteiger partial charge on any atom is -0.349 e. The fourth-order valence-electron chi connectivity index (χ4n) is 10.6. The Bertz CT molecular complexity index is 799. The Hall–Kier alpha value is 0.240. The molecule has 1 spiro atoms. The van der Waals surface area contributed by atoms with Crippen molar-refractivity contribution in [2.45, 2.75) is 104 Å². The monoisotopic (exact) mass is 494 g/mol. The van der Waals surface area contributed by atoms with Gasteiger partial charge in [-0.3, -0.25) is 0 Å². The van der Waals surface area contributed by atoms with Gasteiger partial charge in [-0.05, 0) is 110 Å². The molecule has 6 fully saturated rings. The summed E-state index contributed by atoms with van der Waals surface area (Å²) in [5.41, 5.74) is 0.928. The molecule has 2 saturated heterocycles. The van der Waals surface area contributed by atoms with Gasteiger partial charge in [-0.25, -0.2) is 0 Å². The molecule has 0 aromatic carbocycles. The molecular formula is C29H44Cl2O2. The number of fused-ring (bicyclic) bond motifs is 7. The van der Waals surface area contributed by atoms with E-state index in [-0.39, 0.29) is 5.79 Å². The molecule has 186 valence electrons. The predicted octanol–water partition coefficient (Wildman–Crippen LogP) is 8.37.